The molecule has 104 valence electrons. The Morgan fingerprint density at radius 2 is 2.35 bits per heavy atom. The van der Waals surface area contributed by atoms with Gasteiger partial charge in [-0.2, -0.15) is 0 Å². The second kappa shape index (κ2) is 7.15. The minimum absolute atomic E-state index is 0.0430. The molecule has 0 unspecified atom stereocenters. The van der Waals surface area contributed by atoms with Crippen LogP contribution >= 0.6 is 39.5 Å². The predicted molar refractivity (Wildman–Crippen MR) is 91.4 cm³/mol. The van der Waals surface area contributed by atoms with Crippen molar-refractivity contribution in [3.63, 3.8) is 0 Å². The summed E-state index contributed by atoms with van der Waals surface area (Å²) in [6, 6.07) is 5.63. The minimum atomic E-state index is -0.0430. The SMILES string of the molecule is C=CCSC1=N/C(=C/c2cc(Br)ccc2OC)C(=O)S1. The molecule has 3 nitrogen and oxygen atoms in total. The fourth-order valence-corrected chi connectivity index (χ4v) is 3.53. The highest BCUT2D eigenvalue weighted by Crippen LogP contribution is 2.33. The van der Waals surface area contributed by atoms with E-state index in [4.69, 9.17) is 4.74 Å². The van der Waals surface area contributed by atoms with Crippen LogP contribution in [0.4, 0.5) is 0 Å². The summed E-state index contributed by atoms with van der Waals surface area (Å²) in [5.41, 5.74) is 1.27. The van der Waals surface area contributed by atoms with E-state index in [0.717, 1.165) is 31.9 Å². The van der Waals surface area contributed by atoms with Crippen LogP contribution in [-0.2, 0) is 4.79 Å². The lowest BCUT2D eigenvalue weighted by molar-refractivity contribution is -0.107. The van der Waals surface area contributed by atoms with Crippen molar-refractivity contribution in [3.05, 3.63) is 46.6 Å². The first kappa shape index (κ1) is 15.4. The van der Waals surface area contributed by atoms with E-state index in [-0.39, 0.29) is 5.12 Å². The average Bonchev–Trinajstić information content (AvgIpc) is 2.77. The van der Waals surface area contributed by atoms with E-state index in [9.17, 15) is 4.79 Å². The second-order valence-electron chi connectivity index (χ2n) is 3.78. The van der Waals surface area contributed by atoms with Crippen LogP contribution in [-0.4, -0.2) is 22.4 Å². The summed E-state index contributed by atoms with van der Waals surface area (Å²) in [5, 5.41) is -0.0430. The Bertz CT molecular complexity index is 611. The van der Waals surface area contributed by atoms with Crippen molar-refractivity contribution in [2.75, 3.05) is 12.9 Å². The first-order chi connectivity index (χ1) is 9.63. The van der Waals surface area contributed by atoms with Crippen LogP contribution in [0.3, 0.4) is 0 Å². The quantitative estimate of drug-likeness (QED) is 0.584. The van der Waals surface area contributed by atoms with Gasteiger partial charge in [-0.3, -0.25) is 4.79 Å². The molecule has 0 fully saturated rings. The molecule has 0 spiro atoms. The lowest BCUT2D eigenvalue weighted by atomic mass is 10.1. The van der Waals surface area contributed by atoms with Crippen LogP contribution in [0.15, 0.2) is 46.0 Å². The molecule has 1 aliphatic rings. The van der Waals surface area contributed by atoms with Gasteiger partial charge >= 0.3 is 0 Å². The fraction of sp³-hybridized carbons (Fsp3) is 0.143. The molecule has 6 heteroatoms. The van der Waals surface area contributed by atoms with E-state index >= 15 is 0 Å². The van der Waals surface area contributed by atoms with Gasteiger partial charge < -0.3 is 4.74 Å². The molecular formula is C14H12BrNO2S2. The molecule has 0 saturated heterocycles. The standard InChI is InChI=1S/C14H12BrNO2S2/c1-3-6-19-14-16-11(13(17)20-14)8-9-7-10(15)4-5-12(9)18-2/h3-5,7-8H,1,6H2,2H3/b11-8+. The topological polar surface area (TPSA) is 38.7 Å². The van der Waals surface area contributed by atoms with E-state index < -0.39 is 0 Å². The number of ether oxygens (including phenoxy) is 1. The molecule has 1 aromatic carbocycles. The van der Waals surface area contributed by atoms with E-state index in [1.165, 1.54) is 11.8 Å². The number of hydrogen-bond acceptors (Lipinski definition) is 5. The number of halogens is 1. The Morgan fingerprint density at radius 1 is 1.55 bits per heavy atom. The Labute approximate surface area is 134 Å². The normalized spacial score (nSPS) is 16.4. The van der Waals surface area contributed by atoms with E-state index in [1.807, 2.05) is 18.2 Å². The number of rotatable bonds is 4. The van der Waals surface area contributed by atoms with Gasteiger partial charge in [0.25, 0.3) is 0 Å². The van der Waals surface area contributed by atoms with E-state index in [2.05, 4.69) is 27.5 Å². The smallest absolute Gasteiger partial charge is 0.244 e. The molecular weight excluding hydrogens is 358 g/mol. The van der Waals surface area contributed by atoms with Crippen molar-refractivity contribution in [1.82, 2.24) is 0 Å². The van der Waals surface area contributed by atoms with Crippen molar-refractivity contribution in [3.8, 4) is 5.75 Å². The molecule has 1 heterocycles. The Balaban J connectivity index is 2.30. The number of nitrogens with zero attached hydrogens (tertiary/aromatic N) is 1. The molecule has 0 radical (unpaired) electrons. The summed E-state index contributed by atoms with van der Waals surface area (Å²) in [7, 11) is 1.60. The Morgan fingerprint density at radius 3 is 3.05 bits per heavy atom. The summed E-state index contributed by atoms with van der Waals surface area (Å²) < 4.78 is 6.97. The van der Waals surface area contributed by atoms with Crippen molar-refractivity contribution < 1.29 is 9.53 Å². The third kappa shape index (κ3) is 3.77. The minimum Gasteiger partial charge on any atom is -0.496 e. The van der Waals surface area contributed by atoms with Gasteiger partial charge in [0, 0.05) is 15.8 Å². The summed E-state index contributed by atoms with van der Waals surface area (Å²) in [5.74, 6) is 1.45. The van der Waals surface area contributed by atoms with Gasteiger partial charge in [0.2, 0.25) is 5.12 Å². The largest absolute Gasteiger partial charge is 0.496 e. The lowest BCUT2D eigenvalue weighted by Crippen LogP contribution is -1.91. The molecule has 0 atom stereocenters. The van der Waals surface area contributed by atoms with Crippen LogP contribution in [0.5, 0.6) is 5.75 Å². The van der Waals surface area contributed by atoms with E-state index in [0.29, 0.717) is 11.4 Å². The van der Waals surface area contributed by atoms with Gasteiger partial charge in [0.15, 0.2) is 0 Å². The van der Waals surface area contributed by atoms with Gasteiger partial charge in [0.1, 0.15) is 15.8 Å². The van der Waals surface area contributed by atoms with Crippen LogP contribution in [0.2, 0.25) is 0 Å². The molecule has 20 heavy (non-hydrogen) atoms. The molecule has 1 aliphatic heterocycles. The lowest BCUT2D eigenvalue weighted by Gasteiger charge is -2.05. The highest BCUT2D eigenvalue weighted by molar-refractivity contribution is 9.10. The molecule has 0 N–H and O–H groups in total. The monoisotopic (exact) mass is 369 g/mol. The maximum Gasteiger partial charge on any atom is 0.244 e. The molecule has 0 aromatic heterocycles. The fourth-order valence-electron chi connectivity index (χ4n) is 1.55. The maximum atomic E-state index is 11.9. The third-order valence-corrected chi connectivity index (χ3v) is 4.91. The van der Waals surface area contributed by atoms with Crippen LogP contribution in [0.25, 0.3) is 6.08 Å². The van der Waals surface area contributed by atoms with Gasteiger partial charge in [-0.25, -0.2) is 4.99 Å². The van der Waals surface area contributed by atoms with Crippen molar-refractivity contribution >= 4 is 55.0 Å². The third-order valence-electron chi connectivity index (χ3n) is 2.41. The number of thioether (sulfide) groups is 2. The highest BCUT2D eigenvalue weighted by atomic mass is 79.9. The van der Waals surface area contributed by atoms with E-state index in [1.54, 1.807) is 19.3 Å². The predicted octanol–water partition coefficient (Wildman–Crippen LogP) is 4.35. The summed E-state index contributed by atoms with van der Waals surface area (Å²) in [6.45, 7) is 3.65. The summed E-state index contributed by atoms with van der Waals surface area (Å²) in [4.78, 5) is 16.3. The Hall–Kier alpha value is -0.980. The highest BCUT2D eigenvalue weighted by Gasteiger charge is 2.22. The first-order valence-electron chi connectivity index (χ1n) is 5.74. The number of benzene rings is 1. The van der Waals surface area contributed by atoms with Crippen LogP contribution in [0, 0.1) is 0 Å². The number of carbonyl (C=O) groups excluding carboxylic acids is 1. The molecule has 1 aromatic rings. The maximum absolute atomic E-state index is 11.9. The van der Waals surface area contributed by atoms with Crippen molar-refractivity contribution in [2.45, 2.75) is 0 Å². The molecule has 0 bridgehead atoms. The molecule has 2 rings (SSSR count). The van der Waals surface area contributed by atoms with Crippen LogP contribution < -0.4 is 4.74 Å². The van der Waals surface area contributed by atoms with Gasteiger partial charge in [-0.15, -0.1) is 6.58 Å². The molecule has 0 aliphatic carbocycles. The zero-order valence-corrected chi connectivity index (χ0v) is 14.0. The summed E-state index contributed by atoms with van der Waals surface area (Å²) >= 11 is 6.07. The van der Waals surface area contributed by atoms with Crippen molar-refractivity contribution in [1.29, 1.82) is 0 Å². The second-order valence-corrected chi connectivity index (χ2v) is 6.93. The van der Waals surface area contributed by atoms with Crippen molar-refractivity contribution in [2.24, 2.45) is 4.99 Å². The molecule has 0 saturated carbocycles. The van der Waals surface area contributed by atoms with Gasteiger partial charge in [-0.1, -0.05) is 33.8 Å². The number of methoxy groups -OCH3 is 1. The zero-order valence-electron chi connectivity index (χ0n) is 10.8. The van der Waals surface area contributed by atoms with Gasteiger partial charge in [-0.05, 0) is 36.0 Å². The Kier molecular flexibility index (Phi) is 5.51. The first-order valence-corrected chi connectivity index (χ1v) is 8.33. The van der Waals surface area contributed by atoms with Crippen LogP contribution in [0.1, 0.15) is 5.56 Å². The molecule has 0 amide bonds. The summed E-state index contributed by atoms with van der Waals surface area (Å²) in [6.07, 6.45) is 3.54. The zero-order chi connectivity index (χ0) is 14.5. The number of hydrogen-bond donors (Lipinski definition) is 0. The average molecular weight is 370 g/mol. The van der Waals surface area contributed by atoms with Gasteiger partial charge in [0.05, 0.1) is 7.11 Å². The number of carbonyl (C=O) groups is 1. The number of aliphatic imine (C=N–C) groups is 1.